The van der Waals surface area contributed by atoms with Crippen molar-refractivity contribution >= 4 is 5.78 Å². The van der Waals surface area contributed by atoms with Gasteiger partial charge >= 0.3 is 0 Å². The van der Waals surface area contributed by atoms with Crippen LogP contribution in [0.2, 0.25) is 0 Å². The summed E-state index contributed by atoms with van der Waals surface area (Å²) in [5, 5.41) is 0. The highest BCUT2D eigenvalue weighted by Crippen LogP contribution is 2.39. The Kier molecular flexibility index (Phi) is 5.11. The normalized spacial score (nSPS) is 13.1. The van der Waals surface area contributed by atoms with Gasteiger partial charge in [-0.3, -0.25) is 4.79 Å². The summed E-state index contributed by atoms with van der Waals surface area (Å²) < 4.78 is 0. The number of carbonyl (C=O) groups is 1. The molecular weight excluding hydrogens is 268 g/mol. The second kappa shape index (κ2) is 7.04. The molecule has 112 valence electrons. The van der Waals surface area contributed by atoms with E-state index in [0.29, 0.717) is 6.42 Å². The van der Waals surface area contributed by atoms with E-state index in [0.717, 1.165) is 23.1 Å². The van der Waals surface area contributed by atoms with Crippen LogP contribution in [0.15, 0.2) is 79.9 Å². The summed E-state index contributed by atoms with van der Waals surface area (Å²) >= 11 is 0. The number of carbonyl (C=O) groups excluding carboxylic acids is 1. The average molecular weight is 290 g/mol. The lowest BCUT2D eigenvalue weighted by molar-refractivity contribution is -0.118. The second-order valence-electron chi connectivity index (χ2n) is 5.48. The zero-order valence-electron chi connectivity index (χ0n) is 13.1. The number of hydrogen-bond donors (Lipinski definition) is 0. The maximum Gasteiger partial charge on any atom is 0.170 e. The lowest BCUT2D eigenvalue weighted by Gasteiger charge is -2.34. The summed E-state index contributed by atoms with van der Waals surface area (Å²) in [5.41, 5.74) is 2.48. The van der Waals surface area contributed by atoms with Crippen molar-refractivity contribution in [2.24, 2.45) is 0 Å². The Morgan fingerprint density at radius 3 is 2.27 bits per heavy atom. The molecular formula is C21H22O. The fourth-order valence-electron chi connectivity index (χ4n) is 3.10. The van der Waals surface area contributed by atoms with Gasteiger partial charge in [-0.25, -0.2) is 0 Å². The summed E-state index contributed by atoms with van der Waals surface area (Å²) in [5.74, 6) is 0.0369. The first-order chi connectivity index (χ1) is 10.7. The fourth-order valence-corrected chi connectivity index (χ4v) is 3.10. The third-order valence-electron chi connectivity index (χ3n) is 4.20. The van der Waals surface area contributed by atoms with E-state index in [9.17, 15) is 4.79 Å². The third-order valence-corrected chi connectivity index (χ3v) is 4.20. The molecule has 0 heterocycles. The van der Waals surface area contributed by atoms with Gasteiger partial charge in [0.25, 0.3) is 0 Å². The van der Waals surface area contributed by atoms with Crippen LogP contribution in [0.25, 0.3) is 0 Å². The first-order valence-electron chi connectivity index (χ1n) is 7.56. The second-order valence-corrected chi connectivity index (χ2v) is 5.48. The third kappa shape index (κ3) is 2.80. The summed E-state index contributed by atoms with van der Waals surface area (Å²) in [6.07, 6.45) is 4.77. The number of allylic oxidation sites excluding steroid dienone is 2. The molecule has 0 aliphatic rings. The molecule has 0 fully saturated rings. The van der Waals surface area contributed by atoms with E-state index in [1.807, 2.05) is 54.6 Å². The van der Waals surface area contributed by atoms with Crippen LogP contribution in [0.1, 0.15) is 29.5 Å². The van der Waals surface area contributed by atoms with Crippen molar-refractivity contribution in [3.63, 3.8) is 0 Å². The van der Waals surface area contributed by atoms with E-state index >= 15 is 0 Å². The molecule has 2 rings (SSSR count). The molecule has 1 heteroatoms. The average Bonchev–Trinajstić information content (AvgIpc) is 2.57. The van der Waals surface area contributed by atoms with Crippen LogP contribution in [0.5, 0.6) is 0 Å². The lowest BCUT2D eigenvalue weighted by Crippen LogP contribution is -2.36. The topological polar surface area (TPSA) is 17.1 Å². The fraction of sp³-hybridized carbons (Fsp3) is 0.190. The lowest BCUT2D eigenvalue weighted by atomic mass is 9.67. The molecule has 0 spiro atoms. The van der Waals surface area contributed by atoms with Crippen LogP contribution in [0.4, 0.5) is 0 Å². The first kappa shape index (κ1) is 16.0. The van der Waals surface area contributed by atoms with Crippen molar-refractivity contribution in [3.05, 3.63) is 96.6 Å². The molecule has 22 heavy (non-hydrogen) atoms. The molecule has 1 atom stereocenters. The monoisotopic (exact) mass is 290 g/mol. The Hall–Kier alpha value is -2.41. The molecule has 0 N–H and O–H groups in total. The maximum atomic E-state index is 12.9. The van der Waals surface area contributed by atoms with E-state index in [2.05, 4.69) is 26.1 Å². The molecule has 2 aromatic carbocycles. The molecule has 1 unspecified atom stereocenters. The molecule has 1 nitrogen and oxygen atoms in total. The van der Waals surface area contributed by atoms with Gasteiger partial charge in [0, 0.05) is 0 Å². The highest BCUT2D eigenvalue weighted by atomic mass is 16.1. The zero-order chi connectivity index (χ0) is 16.0. The Labute approximate surface area is 133 Å². The Morgan fingerprint density at radius 2 is 1.68 bits per heavy atom. The van der Waals surface area contributed by atoms with Gasteiger partial charge in [0.05, 0.1) is 5.41 Å². The molecule has 0 radical (unpaired) electrons. The SMILES string of the molecule is C=CCCC(C(=O)C=C)(c1ccccc1)c1ccccc1C. The van der Waals surface area contributed by atoms with Gasteiger partial charge in [0.2, 0.25) is 0 Å². The van der Waals surface area contributed by atoms with E-state index in [4.69, 9.17) is 0 Å². The van der Waals surface area contributed by atoms with E-state index in [1.165, 1.54) is 6.08 Å². The van der Waals surface area contributed by atoms with Gasteiger partial charge in [-0.2, -0.15) is 0 Å². The van der Waals surface area contributed by atoms with Crippen LogP contribution in [-0.2, 0) is 10.2 Å². The van der Waals surface area contributed by atoms with E-state index < -0.39 is 5.41 Å². The van der Waals surface area contributed by atoms with Gasteiger partial charge in [-0.1, -0.05) is 67.3 Å². The summed E-state index contributed by atoms with van der Waals surface area (Å²) in [6, 6.07) is 18.1. The molecule has 0 bridgehead atoms. The number of ketones is 1. The molecule has 0 saturated heterocycles. The summed E-state index contributed by atoms with van der Waals surface area (Å²) in [6.45, 7) is 9.61. The smallest absolute Gasteiger partial charge is 0.170 e. The van der Waals surface area contributed by atoms with Crippen LogP contribution in [0.3, 0.4) is 0 Å². The molecule has 0 aliphatic carbocycles. The van der Waals surface area contributed by atoms with Crippen molar-refractivity contribution in [3.8, 4) is 0 Å². The summed E-state index contributed by atoms with van der Waals surface area (Å²) in [4.78, 5) is 12.9. The molecule has 0 aromatic heterocycles. The largest absolute Gasteiger partial charge is 0.293 e. The van der Waals surface area contributed by atoms with Gasteiger partial charge in [0.1, 0.15) is 0 Å². The van der Waals surface area contributed by atoms with Crippen molar-refractivity contribution in [2.75, 3.05) is 0 Å². The van der Waals surface area contributed by atoms with Crippen LogP contribution in [-0.4, -0.2) is 5.78 Å². The Bertz CT molecular complexity index is 669. The number of hydrogen-bond acceptors (Lipinski definition) is 1. The van der Waals surface area contributed by atoms with Crippen molar-refractivity contribution in [1.29, 1.82) is 0 Å². The van der Waals surface area contributed by atoms with E-state index in [1.54, 1.807) is 0 Å². The number of benzene rings is 2. The van der Waals surface area contributed by atoms with Gasteiger partial charge < -0.3 is 0 Å². The zero-order valence-corrected chi connectivity index (χ0v) is 13.1. The van der Waals surface area contributed by atoms with Gasteiger partial charge in [-0.15, -0.1) is 6.58 Å². The highest BCUT2D eigenvalue weighted by molar-refractivity contribution is 6.01. The Balaban J connectivity index is 2.75. The van der Waals surface area contributed by atoms with E-state index in [-0.39, 0.29) is 5.78 Å². The van der Waals surface area contributed by atoms with Crippen LogP contribution >= 0.6 is 0 Å². The van der Waals surface area contributed by atoms with Crippen molar-refractivity contribution in [1.82, 2.24) is 0 Å². The molecule has 2 aromatic rings. The number of rotatable bonds is 7. The minimum atomic E-state index is -0.692. The molecule has 0 saturated carbocycles. The highest BCUT2D eigenvalue weighted by Gasteiger charge is 2.40. The summed E-state index contributed by atoms with van der Waals surface area (Å²) in [7, 11) is 0. The number of aryl methyl sites for hydroxylation is 1. The maximum absolute atomic E-state index is 12.9. The minimum Gasteiger partial charge on any atom is -0.293 e. The molecule has 0 aliphatic heterocycles. The van der Waals surface area contributed by atoms with Crippen molar-refractivity contribution in [2.45, 2.75) is 25.2 Å². The van der Waals surface area contributed by atoms with Gasteiger partial charge in [0.15, 0.2) is 5.78 Å². The predicted octanol–water partition coefficient (Wildman–Crippen LogP) is 5.00. The van der Waals surface area contributed by atoms with Crippen molar-refractivity contribution < 1.29 is 4.79 Å². The van der Waals surface area contributed by atoms with Gasteiger partial charge in [-0.05, 0) is 42.5 Å². The molecule has 0 amide bonds. The first-order valence-corrected chi connectivity index (χ1v) is 7.56. The standard InChI is InChI=1S/C21H22O/c1-4-6-16-21(20(22)5-2,18-13-8-7-9-14-18)19-15-11-10-12-17(19)3/h4-5,7-15H,1-2,6,16H2,3H3. The van der Waals surface area contributed by atoms with Crippen LogP contribution < -0.4 is 0 Å². The Morgan fingerprint density at radius 1 is 1.05 bits per heavy atom. The quantitative estimate of drug-likeness (QED) is 0.518. The van der Waals surface area contributed by atoms with Crippen LogP contribution in [0, 0.1) is 6.92 Å². The predicted molar refractivity (Wildman–Crippen MR) is 93.0 cm³/mol. The minimum absolute atomic E-state index is 0.0369.